The van der Waals surface area contributed by atoms with Gasteiger partial charge in [0.15, 0.2) is 0 Å². The monoisotopic (exact) mass is 334 g/mol. The molecule has 0 unspecified atom stereocenters. The predicted molar refractivity (Wildman–Crippen MR) is 92.7 cm³/mol. The molecular formula is C18H30N4O2. The molecule has 1 aromatic heterocycles. The summed E-state index contributed by atoms with van der Waals surface area (Å²) in [5.74, 6) is 0.302. The second-order valence-corrected chi connectivity index (χ2v) is 7.42. The molecule has 0 atom stereocenters. The Hall–Kier alpha value is -1.40. The molecule has 3 rings (SSSR count). The van der Waals surface area contributed by atoms with Crippen molar-refractivity contribution in [2.24, 2.45) is 12.5 Å². The number of nitrogens with zero attached hydrogens (tertiary/aromatic N) is 4. The Labute approximate surface area is 144 Å². The van der Waals surface area contributed by atoms with E-state index in [1.807, 2.05) is 22.8 Å². The summed E-state index contributed by atoms with van der Waals surface area (Å²) in [7, 11) is 3.67. The largest absolute Gasteiger partial charge is 0.383 e. The van der Waals surface area contributed by atoms with Crippen molar-refractivity contribution in [1.29, 1.82) is 0 Å². The number of carbonyl (C=O) groups excluding carboxylic acids is 1. The zero-order valence-corrected chi connectivity index (χ0v) is 15.0. The summed E-state index contributed by atoms with van der Waals surface area (Å²) in [6, 6.07) is 0. The maximum absolute atomic E-state index is 12.1. The topological polar surface area (TPSA) is 50.6 Å². The minimum atomic E-state index is 0.302. The van der Waals surface area contributed by atoms with Gasteiger partial charge in [0.05, 0.1) is 12.8 Å². The zero-order chi connectivity index (χ0) is 17.0. The Balaban J connectivity index is 1.47. The highest BCUT2D eigenvalue weighted by molar-refractivity contribution is 5.77. The number of likely N-dealkylation sites (tertiary alicyclic amines) is 2. The van der Waals surface area contributed by atoms with Gasteiger partial charge in [0.2, 0.25) is 5.91 Å². The third-order valence-corrected chi connectivity index (χ3v) is 5.71. The van der Waals surface area contributed by atoms with Gasteiger partial charge in [-0.3, -0.25) is 9.48 Å². The van der Waals surface area contributed by atoms with Gasteiger partial charge in [-0.25, -0.2) is 0 Å². The van der Waals surface area contributed by atoms with Gasteiger partial charge in [-0.15, -0.1) is 0 Å². The Kier molecular flexibility index (Phi) is 5.56. The lowest BCUT2D eigenvalue weighted by Crippen LogP contribution is -2.52. The smallest absolute Gasteiger partial charge is 0.222 e. The van der Waals surface area contributed by atoms with Crippen LogP contribution in [0, 0.1) is 5.41 Å². The number of aryl methyl sites for hydroxylation is 1. The fraction of sp³-hybridized carbons (Fsp3) is 0.778. The number of ether oxygens (including phenoxy) is 1. The van der Waals surface area contributed by atoms with Gasteiger partial charge in [0.25, 0.3) is 0 Å². The fourth-order valence-corrected chi connectivity index (χ4v) is 4.05. The molecule has 134 valence electrons. The first-order valence-electron chi connectivity index (χ1n) is 9.07. The van der Waals surface area contributed by atoms with Crippen LogP contribution >= 0.6 is 0 Å². The molecule has 6 heteroatoms. The third-order valence-electron chi connectivity index (χ3n) is 5.71. The molecule has 2 saturated heterocycles. The summed E-state index contributed by atoms with van der Waals surface area (Å²) in [4.78, 5) is 16.7. The molecule has 1 amide bonds. The van der Waals surface area contributed by atoms with Crippen LogP contribution in [-0.2, 0) is 23.0 Å². The molecular weight excluding hydrogens is 304 g/mol. The van der Waals surface area contributed by atoms with Crippen LogP contribution in [0.1, 0.15) is 31.2 Å². The van der Waals surface area contributed by atoms with Gasteiger partial charge in [0.1, 0.15) is 0 Å². The Morgan fingerprint density at radius 1 is 1.25 bits per heavy atom. The maximum atomic E-state index is 12.1. The number of piperidine rings is 2. The van der Waals surface area contributed by atoms with Crippen LogP contribution in [0.4, 0.5) is 0 Å². The maximum Gasteiger partial charge on any atom is 0.222 e. The summed E-state index contributed by atoms with van der Waals surface area (Å²) in [6.45, 7) is 5.69. The average molecular weight is 334 g/mol. The van der Waals surface area contributed by atoms with E-state index in [9.17, 15) is 4.79 Å². The van der Waals surface area contributed by atoms with Gasteiger partial charge >= 0.3 is 0 Å². The number of hydrogen-bond acceptors (Lipinski definition) is 4. The van der Waals surface area contributed by atoms with Gasteiger partial charge < -0.3 is 14.5 Å². The lowest BCUT2D eigenvalue weighted by Gasteiger charge is -2.47. The summed E-state index contributed by atoms with van der Waals surface area (Å²) >= 11 is 0. The molecule has 0 aromatic carbocycles. The summed E-state index contributed by atoms with van der Waals surface area (Å²) < 4.78 is 7.02. The van der Waals surface area contributed by atoms with Crippen LogP contribution in [0.3, 0.4) is 0 Å². The van der Waals surface area contributed by atoms with E-state index in [1.165, 1.54) is 18.4 Å². The molecule has 1 aromatic rings. The van der Waals surface area contributed by atoms with Gasteiger partial charge in [-0.2, -0.15) is 5.10 Å². The van der Waals surface area contributed by atoms with E-state index in [1.54, 1.807) is 7.11 Å². The van der Waals surface area contributed by atoms with E-state index in [0.29, 0.717) is 24.3 Å². The van der Waals surface area contributed by atoms with E-state index in [2.05, 4.69) is 16.2 Å². The Morgan fingerprint density at radius 2 is 2.04 bits per heavy atom. The number of amides is 1. The minimum absolute atomic E-state index is 0.302. The first-order valence-corrected chi connectivity index (χ1v) is 9.07. The van der Waals surface area contributed by atoms with E-state index in [4.69, 9.17) is 4.74 Å². The molecule has 1 spiro atoms. The highest BCUT2D eigenvalue weighted by atomic mass is 16.5. The van der Waals surface area contributed by atoms with Crippen molar-refractivity contribution in [3.8, 4) is 0 Å². The Bertz CT molecular complexity index is 549. The molecule has 0 bridgehead atoms. The normalized spacial score (nSPS) is 21.6. The van der Waals surface area contributed by atoms with Crippen LogP contribution in [-0.4, -0.2) is 71.9 Å². The van der Waals surface area contributed by atoms with Crippen molar-refractivity contribution in [3.05, 3.63) is 18.0 Å². The molecule has 6 nitrogen and oxygen atoms in total. The molecule has 2 aliphatic rings. The minimum Gasteiger partial charge on any atom is -0.383 e. The van der Waals surface area contributed by atoms with Crippen molar-refractivity contribution in [2.75, 3.05) is 46.4 Å². The van der Waals surface area contributed by atoms with E-state index in [-0.39, 0.29) is 0 Å². The zero-order valence-electron chi connectivity index (χ0n) is 15.0. The quantitative estimate of drug-likeness (QED) is 0.787. The van der Waals surface area contributed by atoms with Crippen LogP contribution in [0.2, 0.25) is 0 Å². The number of methoxy groups -OCH3 is 1. The molecule has 0 N–H and O–H groups in total. The van der Waals surface area contributed by atoms with Crippen LogP contribution in [0.15, 0.2) is 12.4 Å². The average Bonchev–Trinajstić information content (AvgIpc) is 3.01. The molecule has 2 fully saturated rings. The lowest BCUT2D eigenvalue weighted by atomic mass is 9.72. The first kappa shape index (κ1) is 17.4. The lowest BCUT2D eigenvalue weighted by molar-refractivity contribution is -0.139. The third kappa shape index (κ3) is 4.16. The van der Waals surface area contributed by atoms with Gasteiger partial charge in [-0.1, -0.05) is 0 Å². The molecule has 0 radical (unpaired) electrons. The molecule has 0 saturated carbocycles. The second kappa shape index (κ2) is 7.66. The summed E-state index contributed by atoms with van der Waals surface area (Å²) in [5.41, 5.74) is 1.65. The second-order valence-electron chi connectivity index (χ2n) is 7.42. The van der Waals surface area contributed by atoms with Crippen LogP contribution in [0.25, 0.3) is 0 Å². The van der Waals surface area contributed by atoms with Crippen molar-refractivity contribution in [3.63, 3.8) is 0 Å². The van der Waals surface area contributed by atoms with Crippen molar-refractivity contribution in [2.45, 2.75) is 32.1 Å². The standard InChI is InChI=1S/C18H30N4O2/c1-20-14-16(13-19-20)4-8-21-9-6-18(7-10-21)5-3-17(23)22(15-18)11-12-24-2/h13-14H,3-12,15H2,1-2H3. The number of hydrogen-bond donors (Lipinski definition) is 0. The Morgan fingerprint density at radius 3 is 2.71 bits per heavy atom. The fourth-order valence-electron chi connectivity index (χ4n) is 4.05. The SMILES string of the molecule is COCCN1CC2(CCC1=O)CCN(CCc1cnn(C)c1)CC2. The van der Waals surface area contributed by atoms with Crippen LogP contribution in [0.5, 0.6) is 0 Å². The van der Waals surface area contributed by atoms with Gasteiger partial charge in [0, 0.05) is 46.4 Å². The van der Waals surface area contributed by atoms with Crippen molar-refractivity contribution in [1.82, 2.24) is 19.6 Å². The highest BCUT2D eigenvalue weighted by Crippen LogP contribution is 2.40. The number of rotatable bonds is 6. The molecule has 24 heavy (non-hydrogen) atoms. The number of carbonyl (C=O) groups is 1. The first-order chi connectivity index (χ1) is 11.6. The molecule has 2 aliphatic heterocycles. The number of aromatic nitrogens is 2. The summed E-state index contributed by atoms with van der Waals surface area (Å²) in [6.07, 6.45) is 9.32. The predicted octanol–water partition coefficient (Wildman–Crippen LogP) is 1.31. The van der Waals surface area contributed by atoms with E-state index >= 15 is 0 Å². The summed E-state index contributed by atoms with van der Waals surface area (Å²) in [5, 5.41) is 4.24. The highest BCUT2D eigenvalue weighted by Gasteiger charge is 2.40. The van der Waals surface area contributed by atoms with E-state index in [0.717, 1.165) is 45.6 Å². The molecule has 3 heterocycles. The van der Waals surface area contributed by atoms with E-state index < -0.39 is 0 Å². The van der Waals surface area contributed by atoms with Crippen molar-refractivity contribution >= 4 is 5.91 Å². The van der Waals surface area contributed by atoms with Crippen molar-refractivity contribution < 1.29 is 9.53 Å². The van der Waals surface area contributed by atoms with Crippen LogP contribution < -0.4 is 0 Å². The van der Waals surface area contributed by atoms with Gasteiger partial charge in [-0.05, 0) is 49.8 Å². The molecule has 0 aliphatic carbocycles.